The van der Waals surface area contributed by atoms with Gasteiger partial charge in [-0.05, 0) is 43.3 Å². The minimum absolute atomic E-state index is 0.130. The summed E-state index contributed by atoms with van der Waals surface area (Å²) in [5, 5.41) is 3.80. The van der Waals surface area contributed by atoms with Crippen LogP contribution in [0.2, 0.25) is 0 Å². The second-order valence-corrected chi connectivity index (χ2v) is 6.58. The molecule has 23 heavy (non-hydrogen) atoms. The van der Waals surface area contributed by atoms with E-state index in [1.165, 1.54) is 36.4 Å². The van der Waals surface area contributed by atoms with Crippen LogP contribution >= 0.6 is 0 Å². The van der Waals surface area contributed by atoms with E-state index in [9.17, 15) is 12.8 Å². The van der Waals surface area contributed by atoms with Gasteiger partial charge in [0.25, 0.3) is 10.0 Å². The summed E-state index contributed by atoms with van der Waals surface area (Å²) in [4.78, 5) is 0.130. The van der Waals surface area contributed by atoms with E-state index in [1.807, 2.05) is 0 Å². The maximum absolute atomic E-state index is 13.0. The molecule has 0 aliphatic rings. The number of benzene rings is 2. The number of anilines is 1. The van der Waals surface area contributed by atoms with Gasteiger partial charge in [0.2, 0.25) is 0 Å². The second-order valence-electron chi connectivity index (χ2n) is 4.90. The minimum Gasteiger partial charge on any atom is -0.354 e. The first-order valence-corrected chi connectivity index (χ1v) is 8.26. The van der Waals surface area contributed by atoms with E-state index in [4.69, 9.17) is 4.52 Å². The van der Waals surface area contributed by atoms with Crippen molar-refractivity contribution in [2.24, 2.45) is 0 Å². The number of hydrogen-bond donors (Lipinski definition) is 1. The number of nitrogens with one attached hydrogen (secondary N) is 1. The summed E-state index contributed by atoms with van der Waals surface area (Å²) in [6.07, 6.45) is 0. The summed E-state index contributed by atoms with van der Waals surface area (Å²) >= 11 is 0. The lowest BCUT2D eigenvalue weighted by Gasteiger charge is -2.08. The lowest BCUT2D eigenvalue weighted by atomic mass is 10.1. The maximum atomic E-state index is 13.0. The fourth-order valence-electron chi connectivity index (χ4n) is 2.08. The van der Waals surface area contributed by atoms with Crippen LogP contribution in [0.15, 0.2) is 64.0 Å². The zero-order chi connectivity index (χ0) is 16.4. The van der Waals surface area contributed by atoms with E-state index >= 15 is 0 Å². The van der Waals surface area contributed by atoms with Gasteiger partial charge in [-0.15, -0.1) is 0 Å². The highest BCUT2D eigenvalue weighted by Crippen LogP contribution is 2.32. The molecule has 0 aliphatic heterocycles. The van der Waals surface area contributed by atoms with Gasteiger partial charge in [-0.25, -0.2) is 12.8 Å². The van der Waals surface area contributed by atoms with Gasteiger partial charge in [0.05, 0.1) is 4.90 Å². The average molecular weight is 332 g/mol. The molecule has 0 saturated carbocycles. The Labute approximate surface area is 132 Å². The molecular weight excluding hydrogens is 319 g/mol. The van der Waals surface area contributed by atoms with E-state index in [0.717, 1.165) is 0 Å². The number of aryl methyl sites for hydroxylation is 1. The molecule has 0 aliphatic carbocycles. The van der Waals surface area contributed by atoms with Crippen LogP contribution < -0.4 is 4.72 Å². The van der Waals surface area contributed by atoms with Gasteiger partial charge in [0.1, 0.15) is 17.2 Å². The van der Waals surface area contributed by atoms with Crippen LogP contribution in [0.3, 0.4) is 0 Å². The number of sulfonamides is 1. The summed E-state index contributed by atoms with van der Waals surface area (Å²) in [6.45, 7) is 1.62. The van der Waals surface area contributed by atoms with E-state index in [-0.39, 0.29) is 16.3 Å². The quantitative estimate of drug-likeness (QED) is 0.792. The molecule has 5 nitrogen and oxygen atoms in total. The largest absolute Gasteiger partial charge is 0.354 e. The molecule has 0 spiro atoms. The van der Waals surface area contributed by atoms with Gasteiger partial charge in [-0.1, -0.05) is 23.4 Å². The standard InChI is InChI=1S/C16H13FN2O3S/c1-11-15(19-23(20,21)14-5-3-2-4-6-14)16(22-18-11)12-7-9-13(17)10-8-12/h2-10,19H,1H3. The highest BCUT2D eigenvalue weighted by Gasteiger charge is 2.21. The highest BCUT2D eigenvalue weighted by molar-refractivity contribution is 7.92. The van der Waals surface area contributed by atoms with Crippen LogP contribution in [0.25, 0.3) is 11.3 Å². The third-order valence-corrected chi connectivity index (χ3v) is 4.62. The number of nitrogens with zero attached hydrogens (tertiary/aromatic N) is 1. The third-order valence-electron chi connectivity index (χ3n) is 3.26. The lowest BCUT2D eigenvalue weighted by Crippen LogP contribution is -2.13. The highest BCUT2D eigenvalue weighted by atomic mass is 32.2. The van der Waals surface area contributed by atoms with E-state index in [2.05, 4.69) is 9.88 Å². The van der Waals surface area contributed by atoms with Crippen LogP contribution in [0, 0.1) is 12.7 Å². The molecule has 0 unspecified atom stereocenters. The predicted molar refractivity (Wildman–Crippen MR) is 83.9 cm³/mol. The van der Waals surface area contributed by atoms with E-state index < -0.39 is 15.8 Å². The van der Waals surface area contributed by atoms with E-state index in [1.54, 1.807) is 25.1 Å². The maximum Gasteiger partial charge on any atom is 0.262 e. The number of halogens is 1. The third kappa shape index (κ3) is 3.09. The van der Waals surface area contributed by atoms with Crippen molar-refractivity contribution in [3.63, 3.8) is 0 Å². The monoisotopic (exact) mass is 332 g/mol. The van der Waals surface area contributed by atoms with Crippen molar-refractivity contribution in [1.29, 1.82) is 0 Å². The van der Waals surface area contributed by atoms with Crippen LogP contribution in [0.1, 0.15) is 5.69 Å². The molecular formula is C16H13FN2O3S. The number of aromatic nitrogens is 1. The number of hydrogen-bond acceptors (Lipinski definition) is 4. The van der Waals surface area contributed by atoms with Crippen LogP contribution in [0.4, 0.5) is 10.1 Å². The van der Waals surface area contributed by atoms with Crippen molar-refractivity contribution in [1.82, 2.24) is 5.16 Å². The molecule has 3 rings (SSSR count). The van der Waals surface area contributed by atoms with Crippen LogP contribution in [-0.4, -0.2) is 13.6 Å². The average Bonchev–Trinajstić information content (AvgIpc) is 2.90. The first-order valence-electron chi connectivity index (χ1n) is 6.77. The first kappa shape index (κ1) is 15.2. The van der Waals surface area contributed by atoms with E-state index in [0.29, 0.717) is 11.3 Å². The molecule has 1 heterocycles. The number of rotatable bonds is 4. The molecule has 1 N–H and O–H groups in total. The fourth-order valence-corrected chi connectivity index (χ4v) is 3.22. The normalized spacial score (nSPS) is 11.4. The molecule has 7 heteroatoms. The molecule has 118 valence electrons. The van der Waals surface area contributed by atoms with Crippen molar-refractivity contribution in [2.75, 3.05) is 4.72 Å². The summed E-state index contributed by atoms with van der Waals surface area (Å²) in [5.41, 5.74) is 1.15. The second kappa shape index (κ2) is 5.85. The van der Waals surface area contributed by atoms with Crippen LogP contribution in [-0.2, 0) is 10.0 Å². The topological polar surface area (TPSA) is 72.2 Å². The van der Waals surface area contributed by atoms with Gasteiger partial charge in [-0.2, -0.15) is 0 Å². The Kier molecular flexibility index (Phi) is 3.87. The van der Waals surface area contributed by atoms with Gasteiger partial charge in [0.15, 0.2) is 5.76 Å². The molecule has 0 amide bonds. The minimum atomic E-state index is -3.77. The molecule has 0 fully saturated rings. The Bertz CT molecular complexity index is 920. The molecule has 0 bridgehead atoms. The Hall–Kier alpha value is -2.67. The summed E-state index contributed by atoms with van der Waals surface area (Å²) in [6, 6.07) is 13.5. The molecule has 1 aromatic heterocycles. The smallest absolute Gasteiger partial charge is 0.262 e. The predicted octanol–water partition coefficient (Wildman–Crippen LogP) is 3.59. The first-order chi connectivity index (χ1) is 11.0. The lowest BCUT2D eigenvalue weighted by molar-refractivity contribution is 0.427. The zero-order valence-corrected chi connectivity index (χ0v) is 13.0. The van der Waals surface area contributed by atoms with Crippen LogP contribution in [0.5, 0.6) is 0 Å². The van der Waals surface area contributed by atoms with Crippen molar-refractivity contribution in [3.05, 3.63) is 66.1 Å². The van der Waals surface area contributed by atoms with Gasteiger partial charge < -0.3 is 4.52 Å². The zero-order valence-electron chi connectivity index (χ0n) is 12.2. The molecule has 0 radical (unpaired) electrons. The SMILES string of the molecule is Cc1noc(-c2ccc(F)cc2)c1NS(=O)(=O)c1ccccc1. The summed E-state index contributed by atoms with van der Waals surface area (Å²) in [7, 11) is -3.77. The summed E-state index contributed by atoms with van der Waals surface area (Å²) < 4.78 is 45.6. The van der Waals surface area contributed by atoms with Crippen molar-refractivity contribution >= 4 is 15.7 Å². The van der Waals surface area contributed by atoms with Crippen molar-refractivity contribution in [3.8, 4) is 11.3 Å². The molecule has 2 aromatic carbocycles. The molecule has 0 atom stereocenters. The molecule has 3 aromatic rings. The van der Waals surface area contributed by atoms with Crippen molar-refractivity contribution in [2.45, 2.75) is 11.8 Å². The Morgan fingerprint density at radius 2 is 1.70 bits per heavy atom. The Morgan fingerprint density at radius 1 is 1.04 bits per heavy atom. The van der Waals surface area contributed by atoms with Gasteiger partial charge >= 0.3 is 0 Å². The van der Waals surface area contributed by atoms with Gasteiger partial charge in [-0.3, -0.25) is 4.72 Å². The Balaban J connectivity index is 2.01. The van der Waals surface area contributed by atoms with Gasteiger partial charge in [0, 0.05) is 5.56 Å². The Morgan fingerprint density at radius 3 is 2.35 bits per heavy atom. The summed E-state index contributed by atoms with van der Waals surface area (Å²) in [5.74, 6) is -0.154. The molecule has 0 saturated heterocycles. The van der Waals surface area contributed by atoms with Crippen molar-refractivity contribution < 1.29 is 17.3 Å². The fraction of sp³-hybridized carbons (Fsp3) is 0.0625.